The topological polar surface area (TPSA) is 96.5 Å². The number of allylic oxidation sites excluding steroid dienone is 1. The van der Waals surface area contributed by atoms with Crippen molar-refractivity contribution in [3.63, 3.8) is 0 Å². The molecule has 0 saturated heterocycles. The van der Waals surface area contributed by atoms with Crippen LogP contribution >= 0.6 is 0 Å². The lowest BCUT2D eigenvalue weighted by atomic mass is 10.1. The number of carbonyl (C=O) groups is 2. The number of ketones is 1. The first-order chi connectivity index (χ1) is 11.0. The van der Waals surface area contributed by atoms with Gasteiger partial charge in [0.25, 0.3) is 5.56 Å². The first-order valence-corrected chi connectivity index (χ1v) is 6.83. The van der Waals surface area contributed by atoms with Gasteiger partial charge in [-0.3, -0.25) is 9.59 Å². The number of carboxylic acid groups (broad SMARTS) is 1. The van der Waals surface area contributed by atoms with Crippen LogP contribution in [0.2, 0.25) is 0 Å². The number of hydrogen-bond donors (Lipinski definition) is 2. The molecule has 23 heavy (non-hydrogen) atoms. The molecule has 0 fully saturated rings. The molecule has 0 spiro atoms. The molecular weight excluding hydrogens is 298 g/mol. The van der Waals surface area contributed by atoms with Crippen LogP contribution in [0.4, 0.5) is 0 Å². The number of aryl methyl sites for hydroxylation is 1. The van der Waals surface area contributed by atoms with Gasteiger partial charge in [0, 0.05) is 5.69 Å². The Bertz CT molecular complexity index is 820. The van der Waals surface area contributed by atoms with Crippen molar-refractivity contribution in [3.8, 4) is 5.75 Å². The van der Waals surface area contributed by atoms with Crippen molar-refractivity contribution < 1.29 is 19.4 Å². The zero-order chi connectivity index (χ0) is 16.8. The Hall–Kier alpha value is -3.15. The third-order valence-corrected chi connectivity index (χ3v) is 2.97. The van der Waals surface area contributed by atoms with E-state index in [1.54, 1.807) is 37.3 Å². The highest BCUT2D eigenvalue weighted by Gasteiger charge is 2.07. The number of hydrogen-bond acceptors (Lipinski definition) is 4. The van der Waals surface area contributed by atoms with Gasteiger partial charge in [-0.1, -0.05) is 18.2 Å². The SMILES string of the molecule is Cc1ccc(C(=O)C=Cc2cccc(OCC(=O)O)c2)c(=O)[nH]1. The minimum absolute atomic E-state index is 0.0603. The Kier molecular flexibility index (Phi) is 5.09. The summed E-state index contributed by atoms with van der Waals surface area (Å²) in [6.45, 7) is 1.29. The van der Waals surface area contributed by atoms with E-state index in [0.29, 0.717) is 17.0 Å². The van der Waals surface area contributed by atoms with Crippen molar-refractivity contribution >= 4 is 17.8 Å². The summed E-state index contributed by atoms with van der Waals surface area (Å²) in [6, 6.07) is 9.77. The average Bonchev–Trinajstić information content (AvgIpc) is 2.51. The molecular formula is C17H15NO5. The van der Waals surface area contributed by atoms with Crippen LogP contribution in [0, 0.1) is 6.92 Å². The third kappa shape index (κ3) is 4.67. The number of carbonyl (C=O) groups excluding carboxylic acids is 1. The van der Waals surface area contributed by atoms with Crippen molar-refractivity contribution in [3.05, 3.63) is 69.6 Å². The molecule has 2 N–H and O–H groups in total. The summed E-state index contributed by atoms with van der Waals surface area (Å²) < 4.78 is 5.06. The Labute approximate surface area is 132 Å². The van der Waals surface area contributed by atoms with Crippen LogP contribution in [0.25, 0.3) is 6.08 Å². The summed E-state index contributed by atoms with van der Waals surface area (Å²) in [4.78, 5) is 36.8. The van der Waals surface area contributed by atoms with E-state index in [0.717, 1.165) is 0 Å². The first-order valence-electron chi connectivity index (χ1n) is 6.83. The molecule has 6 heteroatoms. The van der Waals surface area contributed by atoms with E-state index in [-0.39, 0.29) is 5.56 Å². The predicted molar refractivity (Wildman–Crippen MR) is 84.7 cm³/mol. The molecule has 0 radical (unpaired) electrons. The summed E-state index contributed by atoms with van der Waals surface area (Å²) in [7, 11) is 0. The summed E-state index contributed by atoms with van der Waals surface area (Å²) in [5.41, 5.74) is 0.965. The first kappa shape index (κ1) is 16.2. The zero-order valence-corrected chi connectivity index (χ0v) is 12.4. The number of aromatic nitrogens is 1. The Morgan fingerprint density at radius 1 is 1.26 bits per heavy atom. The quantitative estimate of drug-likeness (QED) is 0.628. The molecule has 0 atom stereocenters. The van der Waals surface area contributed by atoms with E-state index in [9.17, 15) is 14.4 Å². The van der Waals surface area contributed by atoms with Gasteiger partial charge in [-0.15, -0.1) is 0 Å². The lowest BCUT2D eigenvalue weighted by Crippen LogP contribution is -2.16. The minimum Gasteiger partial charge on any atom is -0.482 e. The second kappa shape index (κ2) is 7.22. The van der Waals surface area contributed by atoms with E-state index in [4.69, 9.17) is 9.84 Å². The molecule has 0 aliphatic carbocycles. The maximum atomic E-state index is 12.0. The molecule has 118 valence electrons. The van der Waals surface area contributed by atoms with Gasteiger partial charge in [0.1, 0.15) is 5.75 Å². The average molecular weight is 313 g/mol. The fourth-order valence-electron chi connectivity index (χ4n) is 1.88. The number of carboxylic acids is 1. The van der Waals surface area contributed by atoms with Crippen molar-refractivity contribution in [1.29, 1.82) is 0 Å². The van der Waals surface area contributed by atoms with Crippen molar-refractivity contribution in [2.75, 3.05) is 6.61 Å². The Morgan fingerprint density at radius 2 is 2.04 bits per heavy atom. The lowest BCUT2D eigenvalue weighted by Gasteiger charge is -2.03. The number of H-pyrrole nitrogens is 1. The van der Waals surface area contributed by atoms with E-state index in [1.165, 1.54) is 18.2 Å². The standard InChI is InChI=1S/C17H15NO5/c1-11-5-7-14(17(22)18-11)15(19)8-6-12-3-2-4-13(9-12)23-10-16(20)21/h2-9H,10H2,1H3,(H,18,22)(H,20,21). The van der Waals surface area contributed by atoms with Crippen LogP contribution in [0.15, 0.2) is 47.3 Å². The van der Waals surface area contributed by atoms with E-state index in [2.05, 4.69) is 4.98 Å². The van der Waals surface area contributed by atoms with Crippen LogP contribution in [-0.2, 0) is 4.79 Å². The number of nitrogens with one attached hydrogen (secondary N) is 1. The van der Waals surface area contributed by atoms with Crippen LogP contribution in [0.5, 0.6) is 5.75 Å². The van der Waals surface area contributed by atoms with Gasteiger partial charge in [-0.05, 0) is 42.8 Å². The van der Waals surface area contributed by atoms with Gasteiger partial charge >= 0.3 is 5.97 Å². The molecule has 0 saturated carbocycles. The van der Waals surface area contributed by atoms with Crippen LogP contribution in [0.1, 0.15) is 21.6 Å². The van der Waals surface area contributed by atoms with Crippen molar-refractivity contribution in [2.24, 2.45) is 0 Å². The lowest BCUT2D eigenvalue weighted by molar-refractivity contribution is -0.139. The predicted octanol–water partition coefficient (Wildman–Crippen LogP) is 2.04. The Balaban J connectivity index is 2.13. The van der Waals surface area contributed by atoms with Crippen molar-refractivity contribution in [2.45, 2.75) is 6.92 Å². The number of aromatic amines is 1. The molecule has 0 bridgehead atoms. The van der Waals surface area contributed by atoms with E-state index >= 15 is 0 Å². The number of pyridine rings is 1. The van der Waals surface area contributed by atoms with Crippen molar-refractivity contribution in [1.82, 2.24) is 4.98 Å². The number of rotatable bonds is 6. The molecule has 2 rings (SSSR count). The summed E-state index contributed by atoms with van der Waals surface area (Å²) in [5, 5.41) is 8.58. The second-order valence-electron chi connectivity index (χ2n) is 4.84. The largest absolute Gasteiger partial charge is 0.482 e. The number of aliphatic carboxylic acids is 1. The highest BCUT2D eigenvalue weighted by molar-refractivity contribution is 6.06. The fourth-order valence-corrected chi connectivity index (χ4v) is 1.88. The third-order valence-electron chi connectivity index (χ3n) is 2.97. The number of benzene rings is 1. The van der Waals surface area contributed by atoms with Gasteiger partial charge in [0.2, 0.25) is 0 Å². The van der Waals surface area contributed by atoms with Crippen LogP contribution < -0.4 is 10.3 Å². The normalized spacial score (nSPS) is 10.7. The van der Waals surface area contributed by atoms with Gasteiger partial charge in [-0.2, -0.15) is 0 Å². The van der Waals surface area contributed by atoms with E-state index in [1.807, 2.05) is 0 Å². The molecule has 0 unspecified atom stereocenters. The molecule has 6 nitrogen and oxygen atoms in total. The smallest absolute Gasteiger partial charge is 0.341 e. The maximum absolute atomic E-state index is 12.0. The fraction of sp³-hybridized carbons (Fsp3) is 0.118. The summed E-state index contributed by atoms with van der Waals surface area (Å²) in [6.07, 6.45) is 2.82. The molecule has 0 aliphatic heterocycles. The van der Waals surface area contributed by atoms with Crippen LogP contribution in [-0.4, -0.2) is 28.4 Å². The molecule has 0 aliphatic rings. The van der Waals surface area contributed by atoms with Gasteiger partial charge in [0.05, 0.1) is 5.56 Å². The molecule has 1 aromatic carbocycles. The number of ether oxygens (including phenoxy) is 1. The zero-order valence-electron chi connectivity index (χ0n) is 12.4. The molecule has 1 heterocycles. The molecule has 0 amide bonds. The Morgan fingerprint density at radius 3 is 2.74 bits per heavy atom. The second-order valence-corrected chi connectivity index (χ2v) is 4.84. The minimum atomic E-state index is -1.07. The summed E-state index contributed by atoms with van der Waals surface area (Å²) in [5.74, 6) is -1.10. The maximum Gasteiger partial charge on any atom is 0.341 e. The highest BCUT2D eigenvalue weighted by atomic mass is 16.5. The van der Waals surface area contributed by atoms with Gasteiger partial charge in [0.15, 0.2) is 12.4 Å². The van der Waals surface area contributed by atoms with Gasteiger partial charge in [-0.25, -0.2) is 4.79 Å². The van der Waals surface area contributed by atoms with E-state index < -0.39 is 23.9 Å². The molecule has 1 aromatic heterocycles. The molecule has 2 aromatic rings. The van der Waals surface area contributed by atoms with Crippen LogP contribution in [0.3, 0.4) is 0 Å². The summed E-state index contributed by atoms with van der Waals surface area (Å²) >= 11 is 0. The van der Waals surface area contributed by atoms with Gasteiger partial charge < -0.3 is 14.8 Å². The monoisotopic (exact) mass is 313 g/mol. The highest BCUT2D eigenvalue weighted by Crippen LogP contribution is 2.14.